The van der Waals surface area contributed by atoms with Crippen LogP contribution in [0.3, 0.4) is 0 Å². The molecule has 0 radical (unpaired) electrons. The van der Waals surface area contributed by atoms with E-state index in [9.17, 15) is 14.9 Å². The first-order chi connectivity index (χ1) is 12.1. The largest absolute Gasteiger partial charge is 0.464 e. The van der Waals surface area contributed by atoms with Crippen molar-refractivity contribution in [1.29, 1.82) is 0 Å². The van der Waals surface area contributed by atoms with E-state index in [2.05, 4.69) is 19.9 Å². The van der Waals surface area contributed by atoms with Gasteiger partial charge in [-0.3, -0.25) is 15.0 Å². The zero-order chi connectivity index (χ0) is 17.8. The number of rotatable bonds is 5. The third-order valence-electron chi connectivity index (χ3n) is 4.39. The molecule has 1 aliphatic rings. The molecule has 0 aliphatic carbocycles. The summed E-state index contributed by atoms with van der Waals surface area (Å²) in [6, 6.07) is 6.87. The third-order valence-corrected chi connectivity index (χ3v) is 4.39. The SMILES string of the molecule is COC(=O)c1cn(C2CCN(Cc3ccc([N+](=O)[O-])cc3)CC2)nn1. The van der Waals surface area contributed by atoms with Gasteiger partial charge in [0, 0.05) is 31.8 Å². The van der Waals surface area contributed by atoms with Crippen molar-refractivity contribution in [1.82, 2.24) is 19.9 Å². The molecule has 1 aromatic heterocycles. The second kappa shape index (κ2) is 7.39. The van der Waals surface area contributed by atoms with E-state index < -0.39 is 10.9 Å². The van der Waals surface area contributed by atoms with E-state index in [1.165, 1.54) is 19.2 Å². The molecule has 2 heterocycles. The lowest BCUT2D eigenvalue weighted by Crippen LogP contribution is -2.34. The molecule has 1 fully saturated rings. The van der Waals surface area contributed by atoms with Crippen molar-refractivity contribution in [3.8, 4) is 0 Å². The summed E-state index contributed by atoms with van der Waals surface area (Å²) in [4.78, 5) is 24.0. The molecule has 0 spiro atoms. The molecule has 0 amide bonds. The lowest BCUT2D eigenvalue weighted by atomic mass is 10.0. The maximum absolute atomic E-state index is 11.4. The zero-order valence-corrected chi connectivity index (χ0v) is 13.9. The number of piperidine rings is 1. The first kappa shape index (κ1) is 17.0. The van der Waals surface area contributed by atoms with E-state index in [4.69, 9.17) is 0 Å². The van der Waals surface area contributed by atoms with Gasteiger partial charge in [0.25, 0.3) is 5.69 Å². The maximum Gasteiger partial charge on any atom is 0.360 e. The summed E-state index contributed by atoms with van der Waals surface area (Å²) in [5.74, 6) is -0.484. The molecule has 0 bridgehead atoms. The number of nitrogens with zero attached hydrogens (tertiary/aromatic N) is 5. The van der Waals surface area contributed by atoms with Crippen LogP contribution in [0, 0.1) is 10.1 Å². The van der Waals surface area contributed by atoms with Crippen LogP contribution in [0.25, 0.3) is 0 Å². The molecule has 0 N–H and O–H groups in total. The minimum absolute atomic E-state index is 0.107. The molecule has 25 heavy (non-hydrogen) atoms. The van der Waals surface area contributed by atoms with Crippen molar-refractivity contribution < 1.29 is 14.5 Å². The van der Waals surface area contributed by atoms with Gasteiger partial charge in [-0.2, -0.15) is 0 Å². The number of carbonyl (C=O) groups is 1. The van der Waals surface area contributed by atoms with Crippen LogP contribution in [-0.4, -0.2) is 51.0 Å². The van der Waals surface area contributed by atoms with Gasteiger partial charge < -0.3 is 4.74 Å². The molecule has 132 valence electrons. The molecule has 0 atom stereocenters. The number of aromatic nitrogens is 3. The van der Waals surface area contributed by atoms with Crippen molar-refractivity contribution in [3.63, 3.8) is 0 Å². The standard InChI is InChI=1S/C16H19N5O4/c1-25-16(22)15-11-20(18-17-15)13-6-8-19(9-7-13)10-12-2-4-14(5-3-12)21(23)24/h2-5,11,13H,6-10H2,1H3. The van der Waals surface area contributed by atoms with Crippen LogP contribution in [0.5, 0.6) is 0 Å². The Bertz CT molecular complexity index is 750. The highest BCUT2D eigenvalue weighted by atomic mass is 16.6. The van der Waals surface area contributed by atoms with E-state index in [0.717, 1.165) is 38.0 Å². The number of hydrogen-bond acceptors (Lipinski definition) is 7. The number of benzene rings is 1. The fraction of sp³-hybridized carbons (Fsp3) is 0.438. The van der Waals surface area contributed by atoms with Crippen LogP contribution >= 0.6 is 0 Å². The first-order valence-electron chi connectivity index (χ1n) is 8.02. The van der Waals surface area contributed by atoms with Crippen LogP contribution in [-0.2, 0) is 11.3 Å². The van der Waals surface area contributed by atoms with Gasteiger partial charge in [-0.05, 0) is 18.4 Å². The molecular formula is C16H19N5O4. The normalized spacial score (nSPS) is 15.9. The second-order valence-electron chi connectivity index (χ2n) is 6.01. The Morgan fingerprint density at radius 1 is 1.32 bits per heavy atom. The van der Waals surface area contributed by atoms with Gasteiger partial charge >= 0.3 is 5.97 Å². The molecule has 0 unspecified atom stereocenters. The molecule has 9 heteroatoms. The van der Waals surface area contributed by atoms with Crippen LogP contribution in [0.2, 0.25) is 0 Å². The van der Waals surface area contributed by atoms with Gasteiger partial charge in [-0.1, -0.05) is 17.3 Å². The zero-order valence-electron chi connectivity index (χ0n) is 13.9. The fourth-order valence-electron chi connectivity index (χ4n) is 2.98. The highest BCUT2D eigenvalue weighted by Gasteiger charge is 2.23. The molecule has 2 aromatic rings. The van der Waals surface area contributed by atoms with Crippen LogP contribution in [0.4, 0.5) is 5.69 Å². The van der Waals surface area contributed by atoms with Gasteiger partial charge in [0.15, 0.2) is 5.69 Å². The number of likely N-dealkylation sites (tertiary alicyclic amines) is 1. The molecule has 0 saturated carbocycles. The molecule has 3 rings (SSSR count). The number of ether oxygens (including phenoxy) is 1. The smallest absolute Gasteiger partial charge is 0.360 e. The van der Waals surface area contributed by atoms with Crippen molar-refractivity contribution in [2.24, 2.45) is 0 Å². The van der Waals surface area contributed by atoms with E-state index in [-0.39, 0.29) is 17.4 Å². The van der Waals surface area contributed by atoms with Crippen LogP contribution < -0.4 is 0 Å². The number of non-ortho nitro benzene ring substituents is 1. The van der Waals surface area contributed by atoms with Gasteiger partial charge in [0.1, 0.15) is 0 Å². The minimum Gasteiger partial charge on any atom is -0.464 e. The topological polar surface area (TPSA) is 103 Å². The van der Waals surface area contributed by atoms with Crippen LogP contribution in [0.1, 0.15) is 34.9 Å². The number of nitro groups is 1. The fourth-order valence-corrected chi connectivity index (χ4v) is 2.98. The Hall–Kier alpha value is -2.81. The van der Waals surface area contributed by atoms with Gasteiger partial charge in [0.2, 0.25) is 0 Å². The number of hydrogen-bond donors (Lipinski definition) is 0. The van der Waals surface area contributed by atoms with Gasteiger partial charge in [-0.15, -0.1) is 5.10 Å². The minimum atomic E-state index is -0.484. The van der Waals surface area contributed by atoms with Crippen molar-refractivity contribution >= 4 is 11.7 Å². The summed E-state index contributed by atoms with van der Waals surface area (Å²) in [6.45, 7) is 2.53. The van der Waals surface area contributed by atoms with Crippen molar-refractivity contribution in [3.05, 3.63) is 51.8 Å². The quantitative estimate of drug-likeness (QED) is 0.462. The van der Waals surface area contributed by atoms with E-state index in [0.29, 0.717) is 0 Å². The van der Waals surface area contributed by atoms with Gasteiger partial charge in [0.05, 0.1) is 24.3 Å². The molecular weight excluding hydrogens is 326 g/mol. The van der Waals surface area contributed by atoms with Crippen molar-refractivity contribution in [2.45, 2.75) is 25.4 Å². The van der Waals surface area contributed by atoms with Gasteiger partial charge in [-0.25, -0.2) is 9.48 Å². The average Bonchev–Trinajstić information content (AvgIpc) is 3.12. The summed E-state index contributed by atoms with van der Waals surface area (Å²) in [5, 5.41) is 18.6. The highest BCUT2D eigenvalue weighted by molar-refractivity contribution is 5.86. The summed E-state index contributed by atoms with van der Waals surface area (Å²) in [5.41, 5.74) is 1.38. The summed E-state index contributed by atoms with van der Waals surface area (Å²) >= 11 is 0. The third kappa shape index (κ3) is 4.00. The van der Waals surface area contributed by atoms with E-state index >= 15 is 0 Å². The number of methoxy groups -OCH3 is 1. The Morgan fingerprint density at radius 3 is 2.60 bits per heavy atom. The lowest BCUT2D eigenvalue weighted by molar-refractivity contribution is -0.384. The lowest BCUT2D eigenvalue weighted by Gasteiger charge is -2.31. The molecule has 1 saturated heterocycles. The van der Waals surface area contributed by atoms with Crippen molar-refractivity contribution in [2.75, 3.05) is 20.2 Å². The number of nitro benzene ring substituents is 1. The second-order valence-corrected chi connectivity index (χ2v) is 6.01. The summed E-state index contributed by atoms with van der Waals surface area (Å²) < 4.78 is 6.37. The average molecular weight is 345 g/mol. The first-order valence-corrected chi connectivity index (χ1v) is 8.02. The Kier molecular flexibility index (Phi) is 5.03. The highest BCUT2D eigenvalue weighted by Crippen LogP contribution is 2.23. The predicted octanol–water partition coefficient (Wildman–Crippen LogP) is 1.81. The summed E-state index contributed by atoms with van der Waals surface area (Å²) in [6.07, 6.45) is 3.43. The number of carbonyl (C=O) groups excluding carboxylic acids is 1. The predicted molar refractivity (Wildman–Crippen MR) is 88.0 cm³/mol. The number of esters is 1. The van der Waals surface area contributed by atoms with E-state index in [1.807, 2.05) is 0 Å². The molecule has 9 nitrogen and oxygen atoms in total. The molecule has 1 aromatic carbocycles. The Balaban J connectivity index is 1.54. The summed E-state index contributed by atoms with van der Waals surface area (Å²) in [7, 11) is 1.32. The van der Waals surface area contributed by atoms with E-state index in [1.54, 1.807) is 23.0 Å². The molecule has 1 aliphatic heterocycles. The monoisotopic (exact) mass is 345 g/mol. The Labute approximate surface area is 144 Å². The van der Waals surface area contributed by atoms with Crippen LogP contribution in [0.15, 0.2) is 30.5 Å². The maximum atomic E-state index is 11.4. The Morgan fingerprint density at radius 2 is 2.00 bits per heavy atom.